The summed E-state index contributed by atoms with van der Waals surface area (Å²) in [4.78, 5) is -0.0396. The van der Waals surface area contributed by atoms with Gasteiger partial charge < -0.3 is 5.73 Å². The Kier molecular flexibility index (Phi) is 3.79. The molecule has 0 amide bonds. The third kappa shape index (κ3) is 3.25. The summed E-state index contributed by atoms with van der Waals surface area (Å²) < 4.78 is 50.0. The zero-order valence-corrected chi connectivity index (χ0v) is 13.1. The van der Waals surface area contributed by atoms with Crippen LogP contribution in [0.2, 0.25) is 5.02 Å². The van der Waals surface area contributed by atoms with Gasteiger partial charge in [-0.2, -0.15) is 0 Å². The van der Waals surface area contributed by atoms with E-state index in [-0.39, 0.29) is 33.5 Å². The molecule has 1 saturated heterocycles. The van der Waals surface area contributed by atoms with Crippen LogP contribution in [-0.4, -0.2) is 33.9 Å². The quantitative estimate of drug-likeness (QED) is 0.792. The van der Waals surface area contributed by atoms with Crippen LogP contribution in [-0.2, 0) is 19.9 Å². The Morgan fingerprint density at radius 2 is 2.05 bits per heavy atom. The number of nitrogens with two attached hydrogens (primary N) is 1. The highest BCUT2D eigenvalue weighted by Gasteiger charge is 2.41. The lowest BCUT2D eigenvalue weighted by Crippen LogP contribution is -2.46. The van der Waals surface area contributed by atoms with Crippen LogP contribution in [0.3, 0.4) is 0 Å². The molecule has 0 spiro atoms. The number of nitrogens with one attached hydrogen (secondary N) is 1. The minimum Gasteiger partial charge on any atom is -0.398 e. The largest absolute Gasteiger partial charge is 0.398 e. The molecule has 0 saturated carbocycles. The van der Waals surface area contributed by atoms with Gasteiger partial charge in [0.05, 0.1) is 27.1 Å². The molecule has 2 rings (SSSR count). The van der Waals surface area contributed by atoms with Gasteiger partial charge in [-0.3, -0.25) is 0 Å². The van der Waals surface area contributed by atoms with Crippen molar-refractivity contribution in [3.63, 3.8) is 0 Å². The second-order valence-electron chi connectivity index (χ2n) is 5.19. The van der Waals surface area contributed by atoms with Gasteiger partial charge in [0.25, 0.3) is 0 Å². The maximum atomic E-state index is 12.3. The van der Waals surface area contributed by atoms with E-state index in [1.165, 1.54) is 18.2 Å². The highest BCUT2D eigenvalue weighted by Crippen LogP contribution is 2.27. The van der Waals surface area contributed by atoms with Gasteiger partial charge in [-0.1, -0.05) is 11.6 Å². The molecule has 1 fully saturated rings. The van der Waals surface area contributed by atoms with Gasteiger partial charge in [0.15, 0.2) is 9.84 Å². The molecule has 20 heavy (non-hydrogen) atoms. The standard InChI is InChI=1S/C11H15ClN2O4S2/c1-11(4-5-19(15,16)7-11)14-20(17,18)8-2-3-10(13)9(12)6-8/h2-3,6,14H,4-5,7,13H2,1H3. The van der Waals surface area contributed by atoms with Crippen LogP contribution in [0.5, 0.6) is 0 Å². The smallest absolute Gasteiger partial charge is 0.241 e. The average Bonchev–Trinajstić information content (AvgIpc) is 2.55. The minimum absolute atomic E-state index is 0.0193. The van der Waals surface area contributed by atoms with Crippen molar-refractivity contribution in [1.82, 2.24) is 4.72 Å². The van der Waals surface area contributed by atoms with Crippen molar-refractivity contribution in [3.8, 4) is 0 Å². The fraction of sp³-hybridized carbons (Fsp3) is 0.455. The van der Waals surface area contributed by atoms with E-state index >= 15 is 0 Å². The van der Waals surface area contributed by atoms with Crippen molar-refractivity contribution in [2.75, 3.05) is 17.2 Å². The summed E-state index contributed by atoms with van der Waals surface area (Å²) in [5, 5.41) is 0.136. The van der Waals surface area contributed by atoms with Crippen molar-refractivity contribution in [3.05, 3.63) is 23.2 Å². The van der Waals surface area contributed by atoms with Crippen LogP contribution >= 0.6 is 11.6 Å². The van der Waals surface area contributed by atoms with Crippen molar-refractivity contribution >= 4 is 37.1 Å². The molecular weight excluding hydrogens is 324 g/mol. The van der Waals surface area contributed by atoms with Crippen LogP contribution < -0.4 is 10.5 Å². The molecule has 0 aliphatic carbocycles. The lowest BCUT2D eigenvalue weighted by molar-refractivity contribution is 0.462. The van der Waals surface area contributed by atoms with Gasteiger partial charge in [0, 0.05) is 5.54 Å². The number of rotatable bonds is 3. The van der Waals surface area contributed by atoms with Crippen molar-refractivity contribution in [2.24, 2.45) is 0 Å². The highest BCUT2D eigenvalue weighted by atomic mass is 35.5. The first-order chi connectivity index (χ1) is 9.03. The van der Waals surface area contributed by atoms with Gasteiger partial charge in [0.1, 0.15) is 0 Å². The van der Waals surface area contributed by atoms with Crippen molar-refractivity contribution < 1.29 is 16.8 Å². The summed E-state index contributed by atoms with van der Waals surface area (Å²) >= 11 is 5.80. The van der Waals surface area contributed by atoms with E-state index in [0.717, 1.165) is 0 Å². The van der Waals surface area contributed by atoms with Gasteiger partial charge >= 0.3 is 0 Å². The fourth-order valence-electron chi connectivity index (χ4n) is 2.15. The first-order valence-electron chi connectivity index (χ1n) is 5.83. The number of hydrogen-bond acceptors (Lipinski definition) is 5. The molecular formula is C11H15ClN2O4S2. The molecule has 0 radical (unpaired) electrons. The van der Waals surface area contributed by atoms with Crippen LogP contribution in [0, 0.1) is 0 Å². The van der Waals surface area contributed by atoms with Crippen molar-refractivity contribution in [2.45, 2.75) is 23.8 Å². The Morgan fingerprint density at radius 3 is 2.55 bits per heavy atom. The Bertz CT molecular complexity index is 746. The topological polar surface area (TPSA) is 106 Å². The third-order valence-electron chi connectivity index (χ3n) is 3.17. The summed E-state index contributed by atoms with van der Waals surface area (Å²) in [6.07, 6.45) is 0.247. The Morgan fingerprint density at radius 1 is 1.40 bits per heavy atom. The molecule has 0 aromatic heterocycles. The van der Waals surface area contributed by atoms with Crippen LogP contribution in [0.1, 0.15) is 13.3 Å². The SMILES string of the molecule is CC1(NS(=O)(=O)c2ccc(N)c(Cl)c2)CCS(=O)(=O)C1. The van der Waals surface area contributed by atoms with E-state index in [4.69, 9.17) is 17.3 Å². The summed E-state index contributed by atoms with van der Waals surface area (Å²) in [5.74, 6) is -0.226. The summed E-state index contributed by atoms with van der Waals surface area (Å²) in [7, 11) is -7.04. The second kappa shape index (κ2) is 4.87. The van der Waals surface area contributed by atoms with Gasteiger partial charge in [0.2, 0.25) is 10.0 Å². The second-order valence-corrected chi connectivity index (χ2v) is 9.47. The zero-order valence-electron chi connectivity index (χ0n) is 10.8. The molecule has 9 heteroatoms. The number of hydrogen-bond donors (Lipinski definition) is 2. The maximum Gasteiger partial charge on any atom is 0.241 e. The lowest BCUT2D eigenvalue weighted by atomic mass is 10.0. The first-order valence-corrected chi connectivity index (χ1v) is 9.51. The predicted molar refractivity (Wildman–Crippen MR) is 77.9 cm³/mol. The molecule has 1 aromatic rings. The molecule has 1 aliphatic rings. The lowest BCUT2D eigenvalue weighted by Gasteiger charge is -2.23. The normalized spacial score (nSPS) is 25.7. The van der Waals surface area contributed by atoms with Gasteiger partial charge in [-0.15, -0.1) is 0 Å². The number of sulfonamides is 1. The molecule has 1 aliphatic heterocycles. The molecule has 3 N–H and O–H groups in total. The van der Waals surface area contributed by atoms with E-state index in [2.05, 4.69) is 4.72 Å². The molecule has 1 atom stereocenters. The van der Waals surface area contributed by atoms with Crippen LogP contribution in [0.15, 0.2) is 23.1 Å². The Hall–Kier alpha value is -0.830. The number of halogens is 1. The third-order valence-corrected chi connectivity index (χ3v) is 7.03. The molecule has 1 aromatic carbocycles. The molecule has 6 nitrogen and oxygen atoms in total. The Balaban J connectivity index is 2.30. The van der Waals surface area contributed by atoms with Crippen molar-refractivity contribution in [1.29, 1.82) is 0 Å². The van der Waals surface area contributed by atoms with E-state index in [0.29, 0.717) is 0 Å². The summed E-state index contributed by atoms with van der Waals surface area (Å²) in [6.45, 7) is 1.58. The first kappa shape index (κ1) is 15.6. The average molecular weight is 339 g/mol. The molecule has 1 unspecified atom stereocenters. The fourth-order valence-corrected chi connectivity index (χ4v) is 6.04. The zero-order chi connectivity index (χ0) is 15.2. The maximum absolute atomic E-state index is 12.3. The minimum atomic E-state index is -3.85. The summed E-state index contributed by atoms with van der Waals surface area (Å²) in [6, 6.07) is 3.97. The summed E-state index contributed by atoms with van der Waals surface area (Å²) in [5.41, 5.74) is 4.81. The van der Waals surface area contributed by atoms with Gasteiger partial charge in [-0.25, -0.2) is 21.6 Å². The predicted octanol–water partition coefficient (Wildman–Crippen LogP) is 0.778. The molecule has 112 valence electrons. The monoisotopic (exact) mass is 338 g/mol. The number of sulfone groups is 1. The molecule has 0 bridgehead atoms. The molecule has 1 heterocycles. The van der Waals surface area contributed by atoms with E-state index in [1.54, 1.807) is 6.92 Å². The highest BCUT2D eigenvalue weighted by molar-refractivity contribution is 7.92. The number of nitrogen functional groups attached to an aromatic ring is 1. The number of anilines is 1. The van der Waals surface area contributed by atoms with E-state index in [1.807, 2.05) is 0 Å². The van der Waals surface area contributed by atoms with Crippen LogP contribution in [0.25, 0.3) is 0 Å². The van der Waals surface area contributed by atoms with E-state index < -0.39 is 25.4 Å². The number of benzene rings is 1. The van der Waals surface area contributed by atoms with Gasteiger partial charge in [-0.05, 0) is 31.5 Å². The van der Waals surface area contributed by atoms with Crippen LogP contribution in [0.4, 0.5) is 5.69 Å². The Labute approximate surface area is 123 Å². The van der Waals surface area contributed by atoms with E-state index in [9.17, 15) is 16.8 Å².